The van der Waals surface area contributed by atoms with Gasteiger partial charge in [0.25, 0.3) is 0 Å². The van der Waals surface area contributed by atoms with Crippen molar-refractivity contribution in [2.24, 2.45) is 0 Å². The molecular weight excluding hydrogens is 322 g/mol. The number of rotatable bonds is 7. The maximum absolute atomic E-state index is 12.6. The van der Waals surface area contributed by atoms with Crippen LogP contribution in [0.1, 0.15) is 28.7 Å². The summed E-state index contributed by atoms with van der Waals surface area (Å²) in [6, 6.07) is 11.6. The second-order valence-corrected chi connectivity index (χ2v) is 7.78. The van der Waals surface area contributed by atoms with E-state index in [1.807, 2.05) is 57.2 Å². The van der Waals surface area contributed by atoms with Gasteiger partial charge in [0, 0.05) is 6.54 Å². The van der Waals surface area contributed by atoms with Crippen LogP contribution >= 0.6 is 0 Å². The minimum absolute atomic E-state index is 0.401. The predicted octanol–water partition coefficient (Wildman–Crippen LogP) is 3.53. The fourth-order valence-electron chi connectivity index (χ4n) is 2.95. The smallest absolute Gasteiger partial charge is 0.241 e. The summed E-state index contributed by atoms with van der Waals surface area (Å²) < 4.78 is 32.9. The number of aryl methyl sites for hydroxylation is 4. The molecule has 0 aliphatic rings. The van der Waals surface area contributed by atoms with Gasteiger partial charge in [0.15, 0.2) is 0 Å². The van der Waals surface area contributed by atoms with Crippen molar-refractivity contribution < 1.29 is 13.2 Å². The molecular formula is C19H25NO3S. The maximum atomic E-state index is 12.6. The monoisotopic (exact) mass is 347 g/mol. The lowest BCUT2D eigenvalue weighted by molar-refractivity contribution is 0.414. The number of sulfonamides is 1. The van der Waals surface area contributed by atoms with Crippen molar-refractivity contribution in [1.82, 2.24) is 4.72 Å². The van der Waals surface area contributed by atoms with Crippen LogP contribution in [0.3, 0.4) is 0 Å². The molecule has 0 atom stereocenters. The zero-order valence-corrected chi connectivity index (χ0v) is 15.5. The average molecular weight is 347 g/mol. The molecule has 5 heteroatoms. The van der Waals surface area contributed by atoms with E-state index in [2.05, 4.69) is 4.72 Å². The Morgan fingerprint density at radius 1 is 1.00 bits per heavy atom. The van der Waals surface area contributed by atoms with E-state index >= 15 is 0 Å². The SMILES string of the molecule is COc1ccc(CCCNS(=O)(=O)c2c(C)cc(C)cc2C)cc1. The largest absolute Gasteiger partial charge is 0.497 e. The van der Waals surface area contributed by atoms with Crippen molar-refractivity contribution in [3.8, 4) is 5.75 Å². The number of nitrogens with one attached hydrogen (secondary N) is 1. The molecule has 130 valence electrons. The van der Waals surface area contributed by atoms with Crippen LogP contribution in [0.5, 0.6) is 5.75 Å². The highest BCUT2D eigenvalue weighted by Crippen LogP contribution is 2.21. The van der Waals surface area contributed by atoms with Gasteiger partial charge in [-0.15, -0.1) is 0 Å². The molecule has 0 unspecified atom stereocenters. The molecule has 4 nitrogen and oxygen atoms in total. The first-order chi connectivity index (χ1) is 11.3. The van der Waals surface area contributed by atoms with Crippen LogP contribution in [0.4, 0.5) is 0 Å². The molecule has 0 aliphatic heterocycles. The molecule has 0 heterocycles. The van der Waals surface area contributed by atoms with Gasteiger partial charge >= 0.3 is 0 Å². The fourth-order valence-corrected chi connectivity index (χ4v) is 4.48. The lowest BCUT2D eigenvalue weighted by Crippen LogP contribution is -2.26. The molecule has 24 heavy (non-hydrogen) atoms. The van der Waals surface area contributed by atoms with Crippen LogP contribution in [0, 0.1) is 20.8 Å². The van der Waals surface area contributed by atoms with Crippen LogP contribution < -0.4 is 9.46 Å². The van der Waals surface area contributed by atoms with Gasteiger partial charge in [-0.25, -0.2) is 13.1 Å². The lowest BCUT2D eigenvalue weighted by atomic mass is 10.1. The van der Waals surface area contributed by atoms with E-state index < -0.39 is 10.0 Å². The zero-order valence-electron chi connectivity index (χ0n) is 14.7. The number of hydrogen-bond donors (Lipinski definition) is 1. The highest BCUT2D eigenvalue weighted by molar-refractivity contribution is 7.89. The van der Waals surface area contributed by atoms with Gasteiger partial charge < -0.3 is 4.74 Å². The van der Waals surface area contributed by atoms with E-state index in [9.17, 15) is 8.42 Å². The predicted molar refractivity (Wildman–Crippen MR) is 97.2 cm³/mol. The second kappa shape index (κ2) is 7.81. The molecule has 0 fully saturated rings. The van der Waals surface area contributed by atoms with Gasteiger partial charge in [-0.05, 0) is 62.4 Å². The summed E-state index contributed by atoms with van der Waals surface area (Å²) >= 11 is 0. The van der Waals surface area contributed by atoms with Crippen molar-refractivity contribution in [3.63, 3.8) is 0 Å². The molecule has 0 spiro atoms. The molecule has 0 saturated carbocycles. The molecule has 1 N–H and O–H groups in total. The summed E-state index contributed by atoms with van der Waals surface area (Å²) in [7, 11) is -1.84. The third-order valence-corrected chi connectivity index (χ3v) is 5.73. The van der Waals surface area contributed by atoms with Crippen molar-refractivity contribution in [2.75, 3.05) is 13.7 Å². The Kier molecular flexibility index (Phi) is 6.02. The van der Waals surface area contributed by atoms with Crippen molar-refractivity contribution in [2.45, 2.75) is 38.5 Å². The van der Waals surface area contributed by atoms with E-state index in [1.165, 1.54) is 0 Å². The van der Waals surface area contributed by atoms with E-state index in [0.29, 0.717) is 11.4 Å². The summed E-state index contributed by atoms with van der Waals surface area (Å²) in [4.78, 5) is 0.401. The molecule has 2 aromatic rings. The molecule has 0 saturated heterocycles. The highest BCUT2D eigenvalue weighted by atomic mass is 32.2. The molecule has 0 aromatic heterocycles. The van der Waals surface area contributed by atoms with E-state index in [1.54, 1.807) is 7.11 Å². The first kappa shape index (κ1) is 18.5. The number of methoxy groups -OCH3 is 1. The molecule has 0 aliphatic carbocycles. The second-order valence-electron chi connectivity index (χ2n) is 6.08. The Labute approximate surface area is 144 Å². The molecule has 0 bridgehead atoms. The summed E-state index contributed by atoms with van der Waals surface area (Å²) in [5.74, 6) is 0.824. The lowest BCUT2D eigenvalue weighted by Gasteiger charge is -2.13. The third kappa shape index (κ3) is 4.58. The number of ether oxygens (including phenoxy) is 1. The van der Waals surface area contributed by atoms with Gasteiger partial charge in [-0.3, -0.25) is 0 Å². The molecule has 2 aromatic carbocycles. The first-order valence-electron chi connectivity index (χ1n) is 8.04. The summed E-state index contributed by atoms with van der Waals surface area (Å²) in [5, 5.41) is 0. The summed E-state index contributed by atoms with van der Waals surface area (Å²) in [6.45, 7) is 6.07. The molecule has 2 rings (SSSR count). The van der Waals surface area contributed by atoms with Crippen LogP contribution in [0.25, 0.3) is 0 Å². The van der Waals surface area contributed by atoms with Crippen LogP contribution in [-0.4, -0.2) is 22.1 Å². The van der Waals surface area contributed by atoms with Crippen molar-refractivity contribution in [3.05, 3.63) is 58.7 Å². The van der Waals surface area contributed by atoms with Crippen molar-refractivity contribution in [1.29, 1.82) is 0 Å². The van der Waals surface area contributed by atoms with Gasteiger partial charge in [0.1, 0.15) is 5.75 Å². The maximum Gasteiger partial charge on any atom is 0.241 e. The number of hydrogen-bond acceptors (Lipinski definition) is 3. The summed E-state index contributed by atoms with van der Waals surface area (Å²) in [5.41, 5.74) is 3.81. The third-order valence-electron chi connectivity index (χ3n) is 3.97. The number of benzene rings is 2. The van der Waals surface area contributed by atoms with E-state index in [-0.39, 0.29) is 0 Å². The Hall–Kier alpha value is -1.85. The quantitative estimate of drug-likeness (QED) is 0.780. The van der Waals surface area contributed by atoms with Crippen LogP contribution in [0.2, 0.25) is 0 Å². The van der Waals surface area contributed by atoms with Gasteiger partial charge in [0.2, 0.25) is 10.0 Å². The Morgan fingerprint density at radius 3 is 2.12 bits per heavy atom. The van der Waals surface area contributed by atoms with E-state index in [4.69, 9.17) is 4.74 Å². The highest BCUT2D eigenvalue weighted by Gasteiger charge is 2.19. The topological polar surface area (TPSA) is 55.4 Å². The van der Waals surface area contributed by atoms with Crippen molar-refractivity contribution >= 4 is 10.0 Å². The van der Waals surface area contributed by atoms with Gasteiger partial charge in [-0.2, -0.15) is 0 Å². The normalized spacial score (nSPS) is 11.5. The molecule has 0 amide bonds. The summed E-state index contributed by atoms with van der Waals surface area (Å²) in [6.07, 6.45) is 1.56. The van der Waals surface area contributed by atoms with Crippen LogP contribution in [0.15, 0.2) is 41.3 Å². The van der Waals surface area contributed by atoms with E-state index in [0.717, 1.165) is 40.8 Å². The zero-order chi connectivity index (χ0) is 17.7. The van der Waals surface area contributed by atoms with Gasteiger partial charge in [0.05, 0.1) is 12.0 Å². The standard InChI is InChI=1S/C19H25NO3S/c1-14-12-15(2)19(16(3)13-14)24(21,22)20-11-5-6-17-7-9-18(23-4)10-8-17/h7-10,12-13,20H,5-6,11H2,1-4H3. The minimum atomic E-state index is -3.47. The Bertz CT molecular complexity index is 773. The Morgan fingerprint density at radius 2 is 1.58 bits per heavy atom. The minimum Gasteiger partial charge on any atom is -0.497 e. The van der Waals surface area contributed by atoms with Crippen LogP contribution in [-0.2, 0) is 16.4 Å². The van der Waals surface area contributed by atoms with Gasteiger partial charge in [-0.1, -0.05) is 29.8 Å². The Balaban J connectivity index is 1.96. The average Bonchev–Trinajstić information content (AvgIpc) is 2.51. The first-order valence-corrected chi connectivity index (χ1v) is 9.52. The molecule has 0 radical (unpaired) electrons. The fraction of sp³-hybridized carbons (Fsp3) is 0.368.